The Morgan fingerprint density at radius 1 is 1.29 bits per heavy atom. The number of halogens is 2. The van der Waals surface area contributed by atoms with Crippen LogP contribution >= 0.6 is 23.1 Å². The van der Waals surface area contributed by atoms with Crippen LogP contribution in [0.2, 0.25) is 0 Å². The predicted octanol–water partition coefficient (Wildman–Crippen LogP) is 4.66. The van der Waals surface area contributed by atoms with Gasteiger partial charge in [-0.2, -0.15) is 0 Å². The van der Waals surface area contributed by atoms with Crippen molar-refractivity contribution in [3.63, 3.8) is 0 Å². The van der Waals surface area contributed by atoms with E-state index in [1.54, 1.807) is 11.3 Å². The number of H-pyrrole nitrogens is 1. The Morgan fingerprint density at radius 3 is 2.86 bits per heavy atom. The van der Waals surface area contributed by atoms with Gasteiger partial charge in [0.05, 0.1) is 4.88 Å². The summed E-state index contributed by atoms with van der Waals surface area (Å²) < 4.78 is 26.7. The molecule has 21 heavy (non-hydrogen) atoms. The second-order valence-electron chi connectivity index (χ2n) is 4.37. The van der Waals surface area contributed by atoms with Gasteiger partial charge in [0.2, 0.25) is 5.16 Å². The molecule has 0 unspecified atom stereocenters. The maximum Gasteiger partial charge on any atom is 0.209 e. The molecule has 2 heterocycles. The number of hydrogen-bond acceptors (Lipinski definition) is 4. The van der Waals surface area contributed by atoms with Crippen molar-refractivity contribution < 1.29 is 8.78 Å². The van der Waals surface area contributed by atoms with Crippen molar-refractivity contribution in [3.05, 3.63) is 52.9 Å². The van der Waals surface area contributed by atoms with Crippen molar-refractivity contribution in [2.75, 3.05) is 0 Å². The fourth-order valence-electron chi connectivity index (χ4n) is 1.88. The van der Waals surface area contributed by atoms with Crippen LogP contribution in [0.5, 0.6) is 0 Å². The lowest BCUT2D eigenvalue weighted by atomic mass is 10.1. The summed E-state index contributed by atoms with van der Waals surface area (Å²) in [6.45, 7) is 1.84. The van der Waals surface area contributed by atoms with Crippen molar-refractivity contribution in [1.82, 2.24) is 15.2 Å². The molecule has 108 valence electrons. The van der Waals surface area contributed by atoms with E-state index in [9.17, 15) is 8.78 Å². The van der Waals surface area contributed by atoms with E-state index in [0.717, 1.165) is 10.9 Å². The highest BCUT2D eigenvalue weighted by Gasteiger charge is 2.16. The van der Waals surface area contributed by atoms with Crippen LogP contribution in [0.3, 0.4) is 0 Å². The molecule has 0 aliphatic heterocycles. The van der Waals surface area contributed by atoms with E-state index < -0.39 is 11.6 Å². The van der Waals surface area contributed by atoms with Crippen LogP contribution in [0.4, 0.5) is 8.78 Å². The number of nitrogens with zero attached hydrogens (tertiary/aromatic N) is 2. The highest BCUT2D eigenvalue weighted by atomic mass is 32.2. The molecule has 0 aliphatic rings. The standard InChI is InChI=1S/C14H11F2N3S2/c1-8(10-5-4-9(15)7-11(10)16)21-14-17-13(18-19-14)12-3-2-6-20-12/h2-8H,1H3,(H,17,18,19)/t8-/m1/s1. The van der Waals surface area contributed by atoms with Gasteiger partial charge in [0.15, 0.2) is 5.82 Å². The topological polar surface area (TPSA) is 41.6 Å². The first kappa shape index (κ1) is 14.2. The van der Waals surface area contributed by atoms with Crippen LogP contribution in [0.1, 0.15) is 17.7 Å². The number of thioether (sulfide) groups is 1. The number of nitrogens with one attached hydrogen (secondary N) is 1. The molecule has 0 saturated carbocycles. The quantitative estimate of drug-likeness (QED) is 0.710. The molecule has 3 aromatic rings. The minimum atomic E-state index is -0.577. The first-order valence-electron chi connectivity index (χ1n) is 6.21. The van der Waals surface area contributed by atoms with Gasteiger partial charge in [0, 0.05) is 16.9 Å². The fraction of sp³-hybridized carbons (Fsp3) is 0.143. The summed E-state index contributed by atoms with van der Waals surface area (Å²) in [5, 5.41) is 9.27. The Kier molecular flexibility index (Phi) is 4.03. The zero-order valence-corrected chi connectivity index (χ0v) is 12.6. The zero-order valence-electron chi connectivity index (χ0n) is 11.0. The second kappa shape index (κ2) is 5.95. The van der Waals surface area contributed by atoms with Crippen LogP contribution < -0.4 is 0 Å². The number of aromatic amines is 1. The lowest BCUT2D eigenvalue weighted by Gasteiger charge is -2.10. The van der Waals surface area contributed by atoms with Gasteiger partial charge in [-0.1, -0.05) is 23.9 Å². The summed E-state index contributed by atoms with van der Waals surface area (Å²) >= 11 is 2.89. The molecular weight excluding hydrogens is 312 g/mol. The molecule has 1 aromatic carbocycles. The zero-order chi connectivity index (χ0) is 14.8. The Balaban J connectivity index is 1.77. The third kappa shape index (κ3) is 3.14. The largest absolute Gasteiger partial charge is 0.257 e. The third-order valence-electron chi connectivity index (χ3n) is 2.90. The summed E-state index contributed by atoms with van der Waals surface area (Å²) in [5.41, 5.74) is 0.434. The second-order valence-corrected chi connectivity index (χ2v) is 6.63. The van der Waals surface area contributed by atoms with Gasteiger partial charge in [-0.3, -0.25) is 5.10 Å². The van der Waals surface area contributed by atoms with Gasteiger partial charge in [0.1, 0.15) is 11.6 Å². The Hall–Kier alpha value is -1.73. The lowest BCUT2D eigenvalue weighted by molar-refractivity contribution is 0.572. The van der Waals surface area contributed by atoms with Gasteiger partial charge < -0.3 is 0 Å². The van der Waals surface area contributed by atoms with Crippen LogP contribution in [0, 0.1) is 11.6 Å². The van der Waals surface area contributed by atoms with Crippen molar-refractivity contribution in [2.24, 2.45) is 0 Å². The molecule has 7 heteroatoms. The first-order chi connectivity index (χ1) is 10.1. The number of hydrogen-bond donors (Lipinski definition) is 1. The summed E-state index contributed by atoms with van der Waals surface area (Å²) in [6, 6.07) is 7.48. The Labute approximate surface area is 128 Å². The molecule has 0 spiro atoms. The molecule has 3 nitrogen and oxygen atoms in total. The first-order valence-corrected chi connectivity index (χ1v) is 7.97. The maximum absolute atomic E-state index is 13.7. The molecule has 1 atom stereocenters. The molecule has 0 radical (unpaired) electrons. The fourth-order valence-corrected chi connectivity index (χ4v) is 3.42. The molecule has 3 rings (SSSR count). The van der Waals surface area contributed by atoms with E-state index in [1.807, 2.05) is 24.4 Å². The van der Waals surface area contributed by atoms with Gasteiger partial charge in [0.25, 0.3) is 0 Å². The molecule has 0 saturated heterocycles. The molecule has 1 N–H and O–H groups in total. The van der Waals surface area contributed by atoms with E-state index in [1.165, 1.54) is 23.9 Å². The van der Waals surface area contributed by atoms with Gasteiger partial charge in [-0.05, 0) is 24.4 Å². The van der Waals surface area contributed by atoms with Gasteiger partial charge in [-0.15, -0.1) is 16.4 Å². The number of rotatable bonds is 4. The number of benzene rings is 1. The summed E-state index contributed by atoms with van der Waals surface area (Å²) in [4.78, 5) is 5.37. The monoisotopic (exact) mass is 323 g/mol. The van der Waals surface area contributed by atoms with E-state index in [-0.39, 0.29) is 5.25 Å². The van der Waals surface area contributed by atoms with Crippen molar-refractivity contribution >= 4 is 23.1 Å². The van der Waals surface area contributed by atoms with Gasteiger partial charge in [-0.25, -0.2) is 13.8 Å². The van der Waals surface area contributed by atoms with E-state index in [4.69, 9.17) is 0 Å². The summed E-state index contributed by atoms with van der Waals surface area (Å²) in [5.74, 6) is -0.436. The normalized spacial score (nSPS) is 12.5. The molecule has 0 bridgehead atoms. The van der Waals surface area contributed by atoms with Crippen LogP contribution in [-0.4, -0.2) is 15.2 Å². The molecular formula is C14H11F2N3S2. The number of aromatic nitrogens is 3. The van der Waals surface area contributed by atoms with Crippen molar-refractivity contribution in [3.8, 4) is 10.7 Å². The van der Waals surface area contributed by atoms with E-state index >= 15 is 0 Å². The third-order valence-corrected chi connectivity index (χ3v) is 4.78. The molecule has 0 amide bonds. The minimum absolute atomic E-state index is 0.211. The average Bonchev–Trinajstić information content (AvgIpc) is 3.08. The highest BCUT2D eigenvalue weighted by Crippen LogP contribution is 2.35. The van der Waals surface area contributed by atoms with Crippen LogP contribution in [-0.2, 0) is 0 Å². The number of thiophene rings is 1. The van der Waals surface area contributed by atoms with E-state index in [2.05, 4.69) is 15.2 Å². The SMILES string of the molecule is C[C@@H](Sc1n[nH]c(-c2cccs2)n1)c1ccc(F)cc1F. The average molecular weight is 323 g/mol. The van der Waals surface area contributed by atoms with Crippen LogP contribution in [0.25, 0.3) is 10.7 Å². The summed E-state index contributed by atoms with van der Waals surface area (Å²) in [7, 11) is 0. The van der Waals surface area contributed by atoms with Crippen molar-refractivity contribution in [2.45, 2.75) is 17.3 Å². The van der Waals surface area contributed by atoms with Crippen LogP contribution in [0.15, 0.2) is 40.9 Å². The van der Waals surface area contributed by atoms with Gasteiger partial charge >= 0.3 is 0 Å². The smallest absolute Gasteiger partial charge is 0.209 e. The Bertz CT molecular complexity index is 741. The highest BCUT2D eigenvalue weighted by molar-refractivity contribution is 7.99. The van der Waals surface area contributed by atoms with Crippen molar-refractivity contribution in [1.29, 1.82) is 0 Å². The van der Waals surface area contributed by atoms with E-state index in [0.29, 0.717) is 16.5 Å². The lowest BCUT2D eigenvalue weighted by Crippen LogP contribution is -1.95. The maximum atomic E-state index is 13.7. The minimum Gasteiger partial charge on any atom is -0.257 e. The Morgan fingerprint density at radius 2 is 2.14 bits per heavy atom. The molecule has 0 fully saturated rings. The molecule has 2 aromatic heterocycles. The predicted molar refractivity (Wildman–Crippen MR) is 80.3 cm³/mol. The molecule has 0 aliphatic carbocycles. The summed E-state index contributed by atoms with van der Waals surface area (Å²) in [6.07, 6.45) is 0.